The van der Waals surface area contributed by atoms with Crippen LogP contribution in [0.5, 0.6) is 5.75 Å². The normalized spacial score (nSPS) is 20.6. The van der Waals surface area contributed by atoms with Crippen molar-refractivity contribution in [2.45, 2.75) is 38.3 Å². The lowest BCUT2D eigenvalue weighted by atomic mass is 9.97. The SMILES string of the molecule is CC(N)C1CCCCN1C(=O)COc1ccc(Cl)cc1. The number of rotatable bonds is 4. The van der Waals surface area contributed by atoms with Crippen molar-refractivity contribution < 1.29 is 9.53 Å². The smallest absolute Gasteiger partial charge is 0.260 e. The third-order valence-electron chi connectivity index (χ3n) is 3.65. The molecule has 1 aromatic rings. The van der Waals surface area contributed by atoms with Crippen LogP contribution in [0.1, 0.15) is 26.2 Å². The van der Waals surface area contributed by atoms with Crippen LogP contribution in [-0.4, -0.2) is 36.0 Å². The Labute approximate surface area is 124 Å². The van der Waals surface area contributed by atoms with E-state index in [0.717, 1.165) is 25.8 Å². The van der Waals surface area contributed by atoms with Gasteiger partial charge in [-0.25, -0.2) is 0 Å². The monoisotopic (exact) mass is 296 g/mol. The summed E-state index contributed by atoms with van der Waals surface area (Å²) in [5.41, 5.74) is 5.97. The number of likely N-dealkylation sites (tertiary alicyclic amines) is 1. The summed E-state index contributed by atoms with van der Waals surface area (Å²) >= 11 is 5.81. The van der Waals surface area contributed by atoms with Crippen LogP contribution >= 0.6 is 11.6 Å². The van der Waals surface area contributed by atoms with E-state index in [1.807, 2.05) is 11.8 Å². The second-order valence-corrected chi connectivity index (χ2v) is 5.69. The number of amides is 1. The van der Waals surface area contributed by atoms with Gasteiger partial charge in [-0.15, -0.1) is 0 Å². The van der Waals surface area contributed by atoms with Gasteiger partial charge in [0, 0.05) is 23.7 Å². The largest absolute Gasteiger partial charge is 0.484 e. The fourth-order valence-corrected chi connectivity index (χ4v) is 2.70. The van der Waals surface area contributed by atoms with Crippen LogP contribution in [0, 0.1) is 0 Å². The predicted molar refractivity (Wildman–Crippen MR) is 79.9 cm³/mol. The molecule has 1 saturated heterocycles. The molecule has 1 aliphatic heterocycles. The summed E-state index contributed by atoms with van der Waals surface area (Å²) in [6, 6.07) is 7.13. The number of piperidine rings is 1. The van der Waals surface area contributed by atoms with Crippen LogP contribution in [0.2, 0.25) is 5.02 Å². The quantitative estimate of drug-likeness (QED) is 0.928. The van der Waals surface area contributed by atoms with Gasteiger partial charge in [0.2, 0.25) is 0 Å². The molecule has 1 aliphatic rings. The van der Waals surface area contributed by atoms with E-state index in [2.05, 4.69) is 0 Å². The highest BCUT2D eigenvalue weighted by Gasteiger charge is 2.29. The first kappa shape index (κ1) is 15.1. The molecule has 2 unspecified atom stereocenters. The maximum Gasteiger partial charge on any atom is 0.260 e. The van der Waals surface area contributed by atoms with Gasteiger partial charge < -0.3 is 15.4 Å². The van der Waals surface area contributed by atoms with Crippen molar-refractivity contribution >= 4 is 17.5 Å². The van der Waals surface area contributed by atoms with Crippen LogP contribution in [0.3, 0.4) is 0 Å². The van der Waals surface area contributed by atoms with E-state index >= 15 is 0 Å². The molecule has 2 N–H and O–H groups in total. The molecule has 0 radical (unpaired) electrons. The van der Waals surface area contributed by atoms with Gasteiger partial charge in [0.1, 0.15) is 5.75 Å². The molecule has 2 atom stereocenters. The van der Waals surface area contributed by atoms with Crippen molar-refractivity contribution in [1.82, 2.24) is 4.90 Å². The summed E-state index contributed by atoms with van der Waals surface area (Å²) in [4.78, 5) is 14.1. The van der Waals surface area contributed by atoms with Gasteiger partial charge in [-0.1, -0.05) is 11.6 Å². The van der Waals surface area contributed by atoms with Crippen LogP contribution in [-0.2, 0) is 4.79 Å². The average Bonchev–Trinajstić information content (AvgIpc) is 2.46. The predicted octanol–water partition coefficient (Wildman–Crippen LogP) is 2.45. The number of nitrogens with two attached hydrogens (primary N) is 1. The number of benzene rings is 1. The lowest BCUT2D eigenvalue weighted by Crippen LogP contribution is -2.52. The third-order valence-corrected chi connectivity index (χ3v) is 3.90. The zero-order chi connectivity index (χ0) is 14.5. The first-order valence-electron chi connectivity index (χ1n) is 7.01. The first-order chi connectivity index (χ1) is 9.58. The minimum Gasteiger partial charge on any atom is -0.484 e. The standard InChI is InChI=1S/C15H21ClN2O2/c1-11(17)14-4-2-3-9-18(14)15(19)10-20-13-7-5-12(16)6-8-13/h5-8,11,14H,2-4,9-10,17H2,1H3. The molecule has 1 fully saturated rings. The minimum atomic E-state index is -0.00483. The van der Waals surface area contributed by atoms with E-state index in [1.54, 1.807) is 24.3 Å². The van der Waals surface area contributed by atoms with Crippen molar-refractivity contribution in [2.24, 2.45) is 5.73 Å². The molecule has 0 aliphatic carbocycles. The topological polar surface area (TPSA) is 55.6 Å². The van der Waals surface area contributed by atoms with E-state index in [9.17, 15) is 4.79 Å². The Morgan fingerprint density at radius 1 is 1.45 bits per heavy atom. The second-order valence-electron chi connectivity index (χ2n) is 5.25. The van der Waals surface area contributed by atoms with Crippen LogP contribution in [0.4, 0.5) is 0 Å². The highest BCUT2D eigenvalue weighted by atomic mass is 35.5. The number of carbonyl (C=O) groups excluding carboxylic acids is 1. The highest BCUT2D eigenvalue weighted by Crippen LogP contribution is 2.20. The Hall–Kier alpha value is -1.26. The van der Waals surface area contributed by atoms with Gasteiger partial charge in [-0.05, 0) is 50.5 Å². The molecule has 2 rings (SSSR count). The number of hydrogen-bond acceptors (Lipinski definition) is 3. The maximum atomic E-state index is 12.3. The van der Waals surface area contributed by atoms with Crippen LogP contribution < -0.4 is 10.5 Å². The summed E-state index contributed by atoms with van der Waals surface area (Å²) < 4.78 is 5.51. The van der Waals surface area contributed by atoms with Gasteiger partial charge >= 0.3 is 0 Å². The Balaban J connectivity index is 1.91. The number of ether oxygens (including phenoxy) is 1. The van der Waals surface area contributed by atoms with E-state index in [4.69, 9.17) is 22.1 Å². The van der Waals surface area contributed by atoms with E-state index in [-0.39, 0.29) is 24.6 Å². The molecule has 1 heterocycles. The summed E-state index contributed by atoms with van der Waals surface area (Å²) in [5.74, 6) is 0.652. The van der Waals surface area contributed by atoms with Gasteiger partial charge in [0.05, 0.1) is 0 Å². The van der Waals surface area contributed by atoms with Crippen LogP contribution in [0.25, 0.3) is 0 Å². The Morgan fingerprint density at radius 2 is 2.15 bits per heavy atom. The van der Waals surface area contributed by atoms with Crippen molar-refractivity contribution in [2.75, 3.05) is 13.2 Å². The lowest BCUT2D eigenvalue weighted by Gasteiger charge is -2.38. The van der Waals surface area contributed by atoms with Gasteiger partial charge in [0.15, 0.2) is 6.61 Å². The number of carbonyl (C=O) groups is 1. The average molecular weight is 297 g/mol. The Morgan fingerprint density at radius 3 is 2.80 bits per heavy atom. The molecule has 1 aromatic carbocycles. The molecule has 0 aromatic heterocycles. The molecule has 0 saturated carbocycles. The summed E-state index contributed by atoms with van der Waals surface area (Å²) in [6.45, 7) is 2.77. The number of nitrogens with zero attached hydrogens (tertiary/aromatic N) is 1. The van der Waals surface area contributed by atoms with Crippen molar-refractivity contribution in [3.05, 3.63) is 29.3 Å². The molecule has 110 valence electrons. The molecule has 0 bridgehead atoms. The zero-order valence-electron chi connectivity index (χ0n) is 11.7. The molecule has 5 heteroatoms. The summed E-state index contributed by atoms with van der Waals surface area (Å²) in [5, 5.41) is 0.650. The molecular weight excluding hydrogens is 276 g/mol. The van der Waals surface area contributed by atoms with Crippen molar-refractivity contribution in [1.29, 1.82) is 0 Å². The van der Waals surface area contributed by atoms with Crippen LogP contribution in [0.15, 0.2) is 24.3 Å². The highest BCUT2D eigenvalue weighted by molar-refractivity contribution is 6.30. The van der Waals surface area contributed by atoms with E-state index in [1.165, 1.54) is 0 Å². The Kier molecular flexibility index (Phi) is 5.26. The molecule has 20 heavy (non-hydrogen) atoms. The summed E-state index contributed by atoms with van der Waals surface area (Å²) in [6.07, 6.45) is 3.15. The molecule has 0 spiro atoms. The first-order valence-corrected chi connectivity index (χ1v) is 7.39. The summed E-state index contributed by atoms with van der Waals surface area (Å²) in [7, 11) is 0. The fraction of sp³-hybridized carbons (Fsp3) is 0.533. The molecular formula is C15H21ClN2O2. The van der Waals surface area contributed by atoms with Gasteiger partial charge in [-0.2, -0.15) is 0 Å². The van der Waals surface area contributed by atoms with Gasteiger partial charge in [-0.3, -0.25) is 4.79 Å². The van der Waals surface area contributed by atoms with E-state index in [0.29, 0.717) is 10.8 Å². The fourth-order valence-electron chi connectivity index (χ4n) is 2.57. The molecule has 4 nitrogen and oxygen atoms in total. The maximum absolute atomic E-state index is 12.3. The second kappa shape index (κ2) is 6.95. The van der Waals surface area contributed by atoms with Crippen molar-refractivity contribution in [3.8, 4) is 5.75 Å². The van der Waals surface area contributed by atoms with Crippen molar-refractivity contribution in [3.63, 3.8) is 0 Å². The van der Waals surface area contributed by atoms with Gasteiger partial charge in [0.25, 0.3) is 5.91 Å². The van der Waals surface area contributed by atoms with E-state index < -0.39 is 0 Å². The molecule has 1 amide bonds. The Bertz CT molecular complexity index is 448. The number of halogens is 1. The number of hydrogen-bond donors (Lipinski definition) is 1. The third kappa shape index (κ3) is 3.87. The zero-order valence-corrected chi connectivity index (χ0v) is 12.5. The lowest BCUT2D eigenvalue weighted by molar-refractivity contribution is -0.137. The minimum absolute atomic E-state index is 0.00181.